The average molecular weight is 250 g/mol. The molecule has 3 rings (SSSR count). The Morgan fingerprint density at radius 1 is 1.33 bits per heavy atom. The Kier molecular flexibility index (Phi) is 3.01. The number of carboxylic acids is 1. The van der Waals surface area contributed by atoms with E-state index in [9.17, 15) is 4.79 Å². The quantitative estimate of drug-likeness (QED) is 0.855. The minimum absolute atomic E-state index is 0.177. The highest BCUT2D eigenvalue weighted by Crippen LogP contribution is 2.60. The minimum Gasteiger partial charge on any atom is -0.481 e. The maximum absolute atomic E-state index is 10.5. The number of hydrogen-bond acceptors (Lipinski definition) is 4. The molecule has 98 valence electrons. The van der Waals surface area contributed by atoms with Crippen molar-refractivity contribution >= 4 is 5.97 Å². The van der Waals surface area contributed by atoms with Gasteiger partial charge < -0.3 is 5.11 Å². The van der Waals surface area contributed by atoms with Gasteiger partial charge in [-0.2, -0.15) is 0 Å². The lowest BCUT2D eigenvalue weighted by Crippen LogP contribution is -2.08. The largest absolute Gasteiger partial charge is 0.481 e. The third kappa shape index (κ3) is 2.11. The third-order valence-corrected chi connectivity index (χ3v) is 4.27. The zero-order chi connectivity index (χ0) is 12.5. The van der Waals surface area contributed by atoms with Crippen molar-refractivity contribution in [2.75, 3.05) is 0 Å². The summed E-state index contributed by atoms with van der Waals surface area (Å²) in [5.41, 5.74) is 0. The summed E-state index contributed by atoms with van der Waals surface area (Å²) in [4.78, 5) is 10.5. The smallest absolute Gasteiger partial charge is 0.303 e. The Labute approximate surface area is 105 Å². The predicted molar refractivity (Wildman–Crippen MR) is 62.9 cm³/mol. The van der Waals surface area contributed by atoms with Gasteiger partial charge in [-0.25, -0.2) is 4.68 Å². The van der Waals surface area contributed by atoms with E-state index in [4.69, 9.17) is 5.11 Å². The highest BCUT2D eigenvalue weighted by molar-refractivity contribution is 5.66. The number of aliphatic carboxylic acids is 1. The van der Waals surface area contributed by atoms with Gasteiger partial charge in [0.05, 0.1) is 0 Å². The first-order valence-corrected chi connectivity index (χ1v) is 6.75. The highest BCUT2D eigenvalue weighted by atomic mass is 16.4. The van der Waals surface area contributed by atoms with Gasteiger partial charge >= 0.3 is 5.97 Å². The summed E-state index contributed by atoms with van der Waals surface area (Å²) < 4.78 is 1.81. The molecular weight excluding hydrogens is 232 g/mol. The van der Waals surface area contributed by atoms with Crippen LogP contribution in [0.1, 0.15) is 50.3 Å². The highest BCUT2D eigenvalue weighted by Gasteiger charge is 2.53. The maximum Gasteiger partial charge on any atom is 0.303 e. The van der Waals surface area contributed by atoms with Gasteiger partial charge in [0.2, 0.25) is 0 Å². The molecule has 2 saturated carbocycles. The summed E-state index contributed by atoms with van der Waals surface area (Å²) in [6, 6.07) is 0. The fourth-order valence-corrected chi connectivity index (χ4v) is 3.36. The van der Waals surface area contributed by atoms with Gasteiger partial charge in [-0.15, -0.1) is 5.10 Å². The van der Waals surface area contributed by atoms with E-state index in [0.29, 0.717) is 18.9 Å². The molecular formula is C12H18N4O2. The molecule has 2 aliphatic carbocycles. The zero-order valence-electron chi connectivity index (χ0n) is 10.3. The van der Waals surface area contributed by atoms with Crippen molar-refractivity contribution < 1.29 is 9.90 Å². The Morgan fingerprint density at radius 3 is 2.72 bits per heavy atom. The van der Waals surface area contributed by atoms with Crippen LogP contribution in [0.15, 0.2) is 0 Å². The van der Waals surface area contributed by atoms with Crippen molar-refractivity contribution in [2.45, 2.75) is 51.0 Å². The fraction of sp³-hybridized carbons (Fsp3) is 0.833. The zero-order valence-corrected chi connectivity index (χ0v) is 10.3. The number of hydrogen-bond donors (Lipinski definition) is 1. The average Bonchev–Trinajstić information content (AvgIpc) is 2.90. The number of fused-ring (bicyclic) bond motifs is 1. The van der Waals surface area contributed by atoms with Crippen molar-refractivity contribution in [3.05, 3.63) is 5.82 Å². The lowest BCUT2D eigenvalue weighted by molar-refractivity contribution is -0.137. The Morgan fingerprint density at radius 2 is 2.06 bits per heavy atom. The van der Waals surface area contributed by atoms with Gasteiger partial charge in [-0.1, -0.05) is 12.8 Å². The number of aryl methyl sites for hydroxylation is 1. The summed E-state index contributed by atoms with van der Waals surface area (Å²) >= 11 is 0. The Hall–Kier alpha value is -1.46. The van der Waals surface area contributed by atoms with E-state index in [2.05, 4.69) is 15.5 Å². The van der Waals surface area contributed by atoms with Crippen LogP contribution in [0.2, 0.25) is 0 Å². The van der Waals surface area contributed by atoms with E-state index in [-0.39, 0.29) is 6.42 Å². The second-order valence-electron chi connectivity index (χ2n) is 5.40. The van der Waals surface area contributed by atoms with Crippen LogP contribution in [0.3, 0.4) is 0 Å². The number of carbonyl (C=O) groups is 1. The van der Waals surface area contributed by atoms with Crippen LogP contribution in [0.5, 0.6) is 0 Å². The van der Waals surface area contributed by atoms with Crippen molar-refractivity contribution in [2.24, 2.45) is 11.8 Å². The van der Waals surface area contributed by atoms with Crippen molar-refractivity contribution in [3.63, 3.8) is 0 Å². The molecule has 1 heterocycles. The standard InChI is InChI=1S/C12H18N4O2/c17-10(18)6-3-7-16-12(13-14-15-16)11-8-4-1-2-5-9(8)11/h8-9,11H,1-7H2,(H,17,18). The Balaban J connectivity index is 1.63. The first kappa shape index (κ1) is 11.6. The molecule has 1 N–H and O–H groups in total. The van der Waals surface area contributed by atoms with Crippen LogP contribution in [-0.4, -0.2) is 31.3 Å². The molecule has 1 aromatic heterocycles. The SMILES string of the molecule is O=C(O)CCCn1nnnc1C1C2CCCCC21. The van der Waals surface area contributed by atoms with Crippen molar-refractivity contribution in [3.8, 4) is 0 Å². The van der Waals surface area contributed by atoms with Crippen LogP contribution in [0.4, 0.5) is 0 Å². The molecule has 2 atom stereocenters. The summed E-state index contributed by atoms with van der Waals surface area (Å²) in [5.74, 6) is 2.32. The molecule has 0 spiro atoms. The van der Waals surface area contributed by atoms with Crippen LogP contribution in [-0.2, 0) is 11.3 Å². The van der Waals surface area contributed by atoms with Gasteiger partial charge in [0.25, 0.3) is 0 Å². The number of rotatable bonds is 5. The van der Waals surface area contributed by atoms with Crippen molar-refractivity contribution in [1.82, 2.24) is 20.2 Å². The second kappa shape index (κ2) is 4.66. The van der Waals surface area contributed by atoms with Gasteiger partial charge in [0.1, 0.15) is 0 Å². The molecule has 6 heteroatoms. The van der Waals surface area contributed by atoms with Crippen LogP contribution >= 0.6 is 0 Å². The molecule has 0 aliphatic heterocycles. The van der Waals surface area contributed by atoms with E-state index in [1.165, 1.54) is 25.7 Å². The topological polar surface area (TPSA) is 80.9 Å². The van der Waals surface area contributed by atoms with Gasteiger partial charge in [-0.05, 0) is 41.5 Å². The summed E-state index contributed by atoms with van der Waals surface area (Å²) in [6.45, 7) is 0.616. The maximum atomic E-state index is 10.5. The van der Waals surface area contributed by atoms with Crippen LogP contribution in [0, 0.1) is 11.8 Å². The molecule has 0 radical (unpaired) electrons. The van der Waals surface area contributed by atoms with Gasteiger partial charge in [0.15, 0.2) is 5.82 Å². The molecule has 2 unspecified atom stereocenters. The fourth-order valence-electron chi connectivity index (χ4n) is 3.36. The number of carboxylic acid groups (broad SMARTS) is 1. The van der Waals surface area contributed by atoms with Crippen LogP contribution < -0.4 is 0 Å². The number of nitrogens with zero attached hydrogens (tertiary/aromatic N) is 4. The van der Waals surface area contributed by atoms with E-state index in [1.54, 1.807) is 0 Å². The molecule has 0 aromatic carbocycles. The minimum atomic E-state index is -0.760. The van der Waals surface area contributed by atoms with Gasteiger partial charge in [-0.3, -0.25) is 4.79 Å². The third-order valence-electron chi connectivity index (χ3n) is 4.27. The molecule has 2 aliphatic rings. The monoisotopic (exact) mass is 250 g/mol. The normalized spacial score (nSPS) is 29.9. The van der Waals surface area contributed by atoms with Crippen LogP contribution in [0.25, 0.3) is 0 Å². The van der Waals surface area contributed by atoms with E-state index in [1.807, 2.05) is 4.68 Å². The summed E-state index contributed by atoms with van der Waals surface area (Å²) in [6.07, 6.45) is 6.04. The molecule has 0 saturated heterocycles. The first-order chi connectivity index (χ1) is 8.77. The van der Waals surface area contributed by atoms with Crippen molar-refractivity contribution in [1.29, 1.82) is 0 Å². The Bertz CT molecular complexity index is 433. The first-order valence-electron chi connectivity index (χ1n) is 6.75. The number of tetrazole rings is 1. The molecule has 0 bridgehead atoms. The molecule has 2 fully saturated rings. The second-order valence-corrected chi connectivity index (χ2v) is 5.40. The molecule has 1 aromatic rings. The molecule has 6 nitrogen and oxygen atoms in total. The van der Waals surface area contributed by atoms with E-state index >= 15 is 0 Å². The lowest BCUT2D eigenvalue weighted by atomic mass is 10.0. The lowest BCUT2D eigenvalue weighted by Gasteiger charge is -2.04. The van der Waals surface area contributed by atoms with E-state index < -0.39 is 5.97 Å². The summed E-state index contributed by atoms with van der Waals surface area (Å²) in [5, 5.41) is 20.5. The molecule has 0 amide bonds. The van der Waals surface area contributed by atoms with E-state index in [0.717, 1.165) is 17.7 Å². The van der Waals surface area contributed by atoms with Gasteiger partial charge in [0, 0.05) is 18.9 Å². The molecule has 18 heavy (non-hydrogen) atoms. The number of aromatic nitrogens is 4. The summed E-state index contributed by atoms with van der Waals surface area (Å²) in [7, 11) is 0. The predicted octanol–water partition coefficient (Wildman–Crippen LogP) is 1.44.